The Labute approximate surface area is 131 Å². The standard InChI is InChI=1S/C17H23N3O2/c1-13(21)18-10-11-20(17(2,3)12-18)16(22)19-9-8-14-6-4-5-7-15(14)19/h4-7H,8-12H2,1-3H3. The van der Waals surface area contributed by atoms with Crippen LogP contribution in [0.2, 0.25) is 0 Å². The van der Waals surface area contributed by atoms with Gasteiger partial charge in [0.2, 0.25) is 5.91 Å². The van der Waals surface area contributed by atoms with E-state index in [0.717, 1.165) is 18.7 Å². The van der Waals surface area contributed by atoms with Crippen molar-refractivity contribution in [1.29, 1.82) is 0 Å². The summed E-state index contributed by atoms with van der Waals surface area (Å²) in [4.78, 5) is 30.2. The molecule has 0 spiro atoms. The molecule has 1 aromatic rings. The third kappa shape index (κ3) is 2.45. The predicted octanol–water partition coefficient (Wildman–Crippen LogP) is 2.11. The first-order valence-corrected chi connectivity index (χ1v) is 7.83. The Balaban J connectivity index is 1.80. The van der Waals surface area contributed by atoms with Crippen molar-refractivity contribution in [1.82, 2.24) is 9.80 Å². The number of hydrogen-bond acceptors (Lipinski definition) is 2. The molecule has 2 heterocycles. The number of amides is 3. The van der Waals surface area contributed by atoms with Gasteiger partial charge in [-0.3, -0.25) is 9.69 Å². The summed E-state index contributed by atoms with van der Waals surface area (Å²) in [6.45, 7) is 8.17. The molecule has 0 aliphatic carbocycles. The SMILES string of the molecule is CC(=O)N1CCN(C(=O)N2CCc3ccccc32)C(C)(C)C1. The second-order valence-electron chi connectivity index (χ2n) is 6.72. The summed E-state index contributed by atoms with van der Waals surface area (Å²) < 4.78 is 0. The molecule has 3 amide bonds. The number of carbonyl (C=O) groups excluding carboxylic acids is 2. The van der Waals surface area contributed by atoms with Crippen LogP contribution < -0.4 is 4.90 Å². The lowest BCUT2D eigenvalue weighted by molar-refractivity contribution is -0.132. The number of benzene rings is 1. The second kappa shape index (κ2) is 5.30. The molecule has 1 fully saturated rings. The molecular weight excluding hydrogens is 278 g/mol. The number of carbonyl (C=O) groups is 2. The summed E-state index contributed by atoms with van der Waals surface area (Å²) in [6, 6.07) is 8.14. The van der Waals surface area contributed by atoms with Gasteiger partial charge in [0.05, 0.1) is 5.54 Å². The molecule has 0 aromatic heterocycles. The van der Waals surface area contributed by atoms with Gasteiger partial charge in [0.15, 0.2) is 0 Å². The zero-order chi connectivity index (χ0) is 15.9. The summed E-state index contributed by atoms with van der Waals surface area (Å²) >= 11 is 0. The van der Waals surface area contributed by atoms with Gasteiger partial charge < -0.3 is 9.80 Å². The largest absolute Gasteiger partial charge is 0.339 e. The number of piperazine rings is 1. The molecule has 2 aliphatic rings. The van der Waals surface area contributed by atoms with Gasteiger partial charge in [-0.2, -0.15) is 0 Å². The summed E-state index contributed by atoms with van der Waals surface area (Å²) in [6.07, 6.45) is 0.912. The summed E-state index contributed by atoms with van der Waals surface area (Å²) in [5.41, 5.74) is 1.91. The van der Waals surface area contributed by atoms with Gasteiger partial charge in [-0.1, -0.05) is 18.2 Å². The third-order valence-electron chi connectivity index (χ3n) is 4.70. The zero-order valence-corrected chi connectivity index (χ0v) is 13.5. The van der Waals surface area contributed by atoms with Gasteiger partial charge in [0.25, 0.3) is 0 Å². The topological polar surface area (TPSA) is 43.9 Å². The Morgan fingerprint density at radius 2 is 1.82 bits per heavy atom. The number of hydrogen-bond donors (Lipinski definition) is 0. The Bertz CT molecular complexity index is 612. The smallest absolute Gasteiger partial charge is 0.325 e. The average molecular weight is 301 g/mol. The molecule has 22 heavy (non-hydrogen) atoms. The van der Waals surface area contributed by atoms with Crippen molar-refractivity contribution < 1.29 is 9.59 Å². The van der Waals surface area contributed by atoms with Crippen LogP contribution in [0.5, 0.6) is 0 Å². The van der Waals surface area contributed by atoms with E-state index in [4.69, 9.17) is 0 Å². The van der Waals surface area contributed by atoms with E-state index < -0.39 is 0 Å². The Morgan fingerprint density at radius 3 is 2.50 bits per heavy atom. The predicted molar refractivity (Wildman–Crippen MR) is 85.9 cm³/mol. The average Bonchev–Trinajstić information content (AvgIpc) is 2.89. The van der Waals surface area contributed by atoms with Gasteiger partial charge >= 0.3 is 6.03 Å². The fraction of sp³-hybridized carbons (Fsp3) is 0.529. The highest BCUT2D eigenvalue weighted by atomic mass is 16.2. The van der Waals surface area contributed by atoms with Gasteiger partial charge in [0, 0.05) is 38.8 Å². The van der Waals surface area contributed by atoms with E-state index >= 15 is 0 Å². The van der Waals surface area contributed by atoms with E-state index in [1.807, 2.05) is 46.7 Å². The van der Waals surface area contributed by atoms with Crippen LogP contribution in [0.1, 0.15) is 26.3 Å². The van der Waals surface area contributed by atoms with E-state index in [2.05, 4.69) is 6.07 Å². The van der Waals surface area contributed by atoms with Crippen LogP contribution >= 0.6 is 0 Å². The molecule has 0 atom stereocenters. The Hall–Kier alpha value is -2.04. The van der Waals surface area contributed by atoms with Crippen molar-refractivity contribution in [3.8, 4) is 0 Å². The van der Waals surface area contributed by atoms with Gasteiger partial charge in [-0.15, -0.1) is 0 Å². The maximum atomic E-state index is 13.0. The van der Waals surface area contributed by atoms with E-state index in [-0.39, 0.29) is 17.5 Å². The fourth-order valence-electron chi connectivity index (χ4n) is 3.46. The van der Waals surface area contributed by atoms with E-state index in [0.29, 0.717) is 19.6 Å². The lowest BCUT2D eigenvalue weighted by atomic mass is 9.99. The first-order chi connectivity index (χ1) is 10.4. The molecule has 2 aliphatic heterocycles. The van der Waals surface area contributed by atoms with Crippen LogP contribution in [0.3, 0.4) is 0 Å². The highest BCUT2D eigenvalue weighted by Gasteiger charge is 2.40. The van der Waals surface area contributed by atoms with Crippen LogP contribution in [0.25, 0.3) is 0 Å². The highest BCUT2D eigenvalue weighted by Crippen LogP contribution is 2.31. The maximum absolute atomic E-state index is 13.0. The van der Waals surface area contributed by atoms with Gasteiger partial charge in [0.1, 0.15) is 0 Å². The van der Waals surface area contributed by atoms with Crippen molar-refractivity contribution in [2.24, 2.45) is 0 Å². The van der Waals surface area contributed by atoms with Gasteiger partial charge in [-0.25, -0.2) is 4.79 Å². The maximum Gasteiger partial charge on any atom is 0.325 e. The lowest BCUT2D eigenvalue weighted by Crippen LogP contribution is -2.64. The molecular formula is C17H23N3O2. The normalized spacial score (nSPS) is 20.0. The molecule has 1 saturated heterocycles. The molecule has 3 rings (SSSR count). The zero-order valence-electron chi connectivity index (χ0n) is 13.5. The minimum Gasteiger partial charge on any atom is -0.339 e. The van der Waals surface area contributed by atoms with E-state index in [1.54, 1.807) is 6.92 Å². The molecule has 0 bridgehead atoms. The summed E-state index contributed by atoms with van der Waals surface area (Å²) in [5, 5.41) is 0. The van der Waals surface area contributed by atoms with Gasteiger partial charge in [-0.05, 0) is 31.9 Å². The minimum atomic E-state index is -0.349. The van der Waals surface area contributed by atoms with Crippen LogP contribution in [-0.4, -0.2) is 53.5 Å². The number of nitrogens with zero attached hydrogens (tertiary/aromatic N) is 3. The number of anilines is 1. The monoisotopic (exact) mass is 301 g/mol. The Morgan fingerprint density at radius 1 is 1.09 bits per heavy atom. The quantitative estimate of drug-likeness (QED) is 0.736. The highest BCUT2D eigenvalue weighted by molar-refractivity contribution is 5.94. The van der Waals surface area contributed by atoms with Crippen LogP contribution in [0.15, 0.2) is 24.3 Å². The van der Waals surface area contributed by atoms with Crippen molar-refractivity contribution in [2.75, 3.05) is 31.1 Å². The minimum absolute atomic E-state index is 0.0538. The fourth-order valence-corrected chi connectivity index (χ4v) is 3.46. The van der Waals surface area contributed by atoms with Crippen LogP contribution in [0, 0.1) is 0 Å². The number of para-hydroxylation sites is 1. The van der Waals surface area contributed by atoms with Crippen molar-refractivity contribution in [2.45, 2.75) is 32.7 Å². The number of fused-ring (bicyclic) bond motifs is 1. The molecule has 118 valence electrons. The molecule has 0 unspecified atom stereocenters. The molecule has 0 radical (unpaired) electrons. The van der Waals surface area contributed by atoms with Crippen molar-refractivity contribution >= 4 is 17.6 Å². The molecule has 1 aromatic carbocycles. The van der Waals surface area contributed by atoms with Crippen LogP contribution in [0.4, 0.5) is 10.5 Å². The first-order valence-electron chi connectivity index (χ1n) is 7.83. The number of urea groups is 1. The lowest BCUT2D eigenvalue weighted by Gasteiger charge is -2.47. The van der Waals surface area contributed by atoms with Crippen LogP contribution in [-0.2, 0) is 11.2 Å². The second-order valence-corrected chi connectivity index (χ2v) is 6.72. The van der Waals surface area contributed by atoms with Crippen molar-refractivity contribution in [3.63, 3.8) is 0 Å². The summed E-state index contributed by atoms with van der Waals surface area (Å²) in [5.74, 6) is 0.0756. The molecule has 5 heteroatoms. The van der Waals surface area contributed by atoms with E-state index in [9.17, 15) is 9.59 Å². The molecule has 5 nitrogen and oxygen atoms in total. The first kappa shape index (κ1) is 14.9. The van der Waals surface area contributed by atoms with Crippen molar-refractivity contribution in [3.05, 3.63) is 29.8 Å². The number of rotatable bonds is 0. The Kier molecular flexibility index (Phi) is 3.59. The van der Waals surface area contributed by atoms with E-state index in [1.165, 1.54) is 5.56 Å². The third-order valence-corrected chi connectivity index (χ3v) is 4.70. The molecule has 0 N–H and O–H groups in total. The summed E-state index contributed by atoms with van der Waals surface area (Å²) in [7, 11) is 0. The molecule has 0 saturated carbocycles.